The van der Waals surface area contributed by atoms with Crippen LogP contribution in [0.15, 0.2) is 66.9 Å². The summed E-state index contributed by atoms with van der Waals surface area (Å²) in [6.07, 6.45) is 3.01. The van der Waals surface area contributed by atoms with Crippen molar-refractivity contribution in [2.24, 2.45) is 0 Å². The van der Waals surface area contributed by atoms with Gasteiger partial charge in [0.25, 0.3) is 5.91 Å². The highest BCUT2D eigenvalue weighted by atomic mass is 16.2. The zero-order valence-corrected chi connectivity index (χ0v) is 16.9. The molecule has 28 heavy (non-hydrogen) atoms. The van der Waals surface area contributed by atoms with Gasteiger partial charge in [0.15, 0.2) is 6.54 Å². The Morgan fingerprint density at radius 2 is 1.75 bits per heavy atom. The fraction of sp³-hybridized carbons (Fsp3) is 0.304. The Balaban J connectivity index is 1.83. The Morgan fingerprint density at radius 3 is 2.39 bits per heavy atom. The number of likely N-dealkylation sites (N-methyl/N-ethyl adjacent to an activating group) is 1. The smallest absolute Gasteiger partial charge is 0.275 e. The van der Waals surface area contributed by atoms with Gasteiger partial charge < -0.3 is 10.2 Å². The van der Waals surface area contributed by atoms with E-state index < -0.39 is 0 Å². The summed E-state index contributed by atoms with van der Waals surface area (Å²) in [6, 6.07) is 20.5. The third-order valence-electron chi connectivity index (χ3n) is 4.83. The molecule has 2 atom stereocenters. The predicted molar refractivity (Wildman–Crippen MR) is 112 cm³/mol. The standard InChI is InChI=1S/C23H28N4O/c1-4-18(2)24-22(28)17-26(3)15-20-16-27(21-13-9-6-10-14-21)25-23(20)19-11-7-5-8-12-19/h5-14,16,18H,4,15,17H2,1-3H3,(H,24,28)/p+1/t18-/m1/s1. The molecule has 5 heteroatoms. The lowest BCUT2D eigenvalue weighted by Gasteiger charge is -2.16. The monoisotopic (exact) mass is 377 g/mol. The van der Waals surface area contributed by atoms with Gasteiger partial charge in [-0.1, -0.05) is 55.5 Å². The van der Waals surface area contributed by atoms with Crippen LogP contribution in [0.4, 0.5) is 0 Å². The molecule has 0 spiro atoms. The third kappa shape index (κ3) is 5.08. The fourth-order valence-corrected chi connectivity index (χ4v) is 3.18. The number of hydrogen-bond donors (Lipinski definition) is 2. The van der Waals surface area contributed by atoms with Crippen molar-refractivity contribution in [3.8, 4) is 16.9 Å². The number of amides is 1. The van der Waals surface area contributed by atoms with Gasteiger partial charge in [-0.15, -0.1) is 0 Å². The van der Waals surface area contributed by atoms with E-state index >= 15 is 0 Å². The van der Waals surface area contributed by atoms with Crippen LogP contribution < -0.4 is 10.2 Å². The second-order valence-corrected chi connectivity index (χ2v) is 7.34. The minimum atomic E-state index is 0.0866. The van der Waals surface area contributed by atoms with Crippen molar-refractivity contribution < 1.29 is 9.69 Å². The Labute approximate surface area is 167 Å². The zero-order valence-electron chi connectivity index (χ0n) is 16.9. The molecule has 1 unspecified atom stereocenters. The van der Waals surface area contributed by atoms with Gasteiger partial charge in [0.05, 0.1) is 18.3 Å². The molecule has 1 heterocycles. The highest BCUT2D eigenvalue weighted by Gasteiger charge is 2.18. The first-order valence-electron chi connectivity index (χ1n) is 9.87. The van der Waals surface area contributed by atoms with Gasteiger partial charge in [0, 0.05) is 17.8 Å². The first-order chi connectivity index (χ1) is 13.6. The molecular formula is C23H29N4O+. The summed E-state index contributed by atoms with van der Waals surface area (Å²) in [6.45, 7) is 5.27. The van der Waals surface area contributed by atoms with Gasteiger partial charge in [0.2, 0.25) is 0 Å². The first-order valence-corrected chi connectivity index (χ1v) is 9.87. The highest BCUT2D eigenvalue weighted by Crippen LogP contribution is 2.23. The number of quaternary nitrogens is 1. The normalized spacial score (nSPS) is 13.1. The van der Waals surface area contributed by atoms with Gasteiger partial charge in [-0.2, -0.15) is 5.10 Å². The number of carbonyl (C=O) groups is 1. The van der Waals surface area contributed by atoms with Crippen molar-refractivity contribution in [2.45, 2.75) is 32.9 Å². The SMILES string of the molecule is CC[C@@H](C)NC(=O)C[NH+](C)Cc1cn(-c2ccccc2)nc1-c1ccccc1. The summed E-state index contributed by atoms with van der Waals surface area (Å²) in [5.41, 5.74) is 4.21. The van der Waals surface area contributed by atoms with E-state index in [1.807, 2.05) is 67.2 Å². The highest BCUT2D eigenvalue weighted by molar-refractivity contribution is 5.77. The van der Waals surface area contributed by atoms with E-state index in [0.29, 0.717) is 6.54 Å². The number of hydrogen-bond acceptors (Lipinski definition) is 2. The van der Waals surface area contributed by atoms with Crippen molar-refractivity contribution in [1.82, 2.24) is 15.1 Å². The quantitative estimate of drug-likeness (QED) is 0.634. The predicted octanol–water partition coefficient (Wildman–Crippen LogP) is 2.47. The van der Waals surface area contributed by atoms with E-state index in [4.69, 9.17) is 5.10 Å². The molecule has 0 fully saturated rings. The maximum absolute atomic E-state index is 12.2. The molecular weight excluding hydrogens is 348 g/mol. The number of para-hydroxylation sites is 1. The van der Waals surface area contributed by atoms with Crippen molar-refractivity contribution in [3.63, 3.8) is 0 Å². The molecule has 3 aromatic rings. The maximum Gasteiger partial charge on any atom is 0.275 e. The Kier molecular flexibility index (Phi) is 6.61. The van der Waals surface area contributed by atoms with Gasteiger partial charge >= 0.3 is 0 Å². The topological polar surface area (TPSA) is 51.4 Å². The maximum atomic E-state index is 12.2. The summed E-state index contributed by atoms with van der Waals surface area (Å²) in [5, 5.41) is 7.89. The number of rotatable bonds is 8. The Morgan fingerprint density at radius 1 is 1.11 bits per heavy atom. The lowest BCUT2D eigenvalue weighted by atomic mass is 10.1. The van der Waals surface area contributed by atoms with Crippen LogP contribution in [0.2, 0.25) is 0 Å². The van der Waals surface area contributed by atoms with E-state index in [-0.39, 0.29) is 11.9 Å². The minimum absolute atomic E-state index is 0.0866. The van der Waals surface area contributed by atoms with Crippen LogP contribution in [0.25, 0.3) is 16.9 Å². The van der Waals surface area contributed by atoms with Crippen LogP contribution in [-0.2, 0) is 11.3 Å². The van der Waals surface area contributed by atoms with Gasteiger partial charge in [0.1, 0.15) is 12.2 Å². The molecule has 0 saturated carbocycles. The lowest BCUT2D eigenvalue weighted by molar-refractivity contribution is -0.885. The molecule has 2 aromatic carbocycles. The third-order valence-corrected chi connectivity index (χ3v) is 4.83. The Hall–Kier alpha value is -2.92. The molecule has 146 valence electrons. The van der Waals surface area contributed by atoms with Gasteiger partial charge in [-0.05, 0) is 25.5 Å². The van der Waals surface area contributed by atoms with Crippen LogP contribution in [0.3, 0.4) is 0 Å². The first kappa shape index (κ1) is 19.8. The zero-order chi connectivity index (χ0) is 19.9. The van der Waals surface area contributed by atoms with E-state index in [2.05, 4.69) is 30.6 Å². The molecule has 0 radical (unpaired) electrons. The number of carbonyl (C=O) groups excluding carboxylic acids is 1. The number of nitrogens with one attached hydrogen (secondary N) is 2. The Bertz CT molecular complexity index is 889. The van der Waals surface area contributed by atoms with Crippen molar-refractivity contribution >= 4 is 5.91 Å². The van der Waals surface area contributed by atoms with Crippen LogP contribution in [0.5, 0.6) is 0 Å². The molecule has 0 saturated heterocycles. The number of benzene rings is 2. The second kappa shape index (κ2) is 9.33. The summed E-state index contributed by atoms with van der Waals surface area (Å²) < 4.78 is 1.92. The molecule has 0 aliphatic carbocycles. The average molecular weight is 378 g/mol. The van der Waals surface area contributed by atoms with E-state index in [1.54, 1.807) is 0 Å². The van der Waals surface area contributed by atoms with Crippen molar-refractivity contribution in [2.75, 3.05) is 13.6 Å². The molecule has 0 bridgehead atoms. The van der Waals surface area contributed by atoms with Gasteiger partial charge in [-0.25, -0.2) is 4.68 Å². The van der Waals surface area contributed by atoms with Crippen molar-refractivity contribution in [1.29, 1.82) is 0 Å². The molecule has 5 nitrogen and oxygen atoms in total. The molecule has 3 rings (SSSR count). The molecule has 2 N–H and O–H groups in total. The van der Waals surface area contributed by atoms with Crippen LogP contribution in [0, 0.1) is 0 Å². The van der Waals surface area contributed by atoms with Crippen molar-refractivity contribution in [3.05, 3.63) is 72.4 Å². The average Bonchev–Trinajstić information content (AvgIpc) is 3.12. The minimum Gasteiger partial charge on any atom is -0.349 e. The molecule has 1 amide bonds. The summed E-state index contributed by atoms with van der Waals surface area (Å²) in [5.74, 6) is 0.0866. The van der Waals surface area contributed by atoms with E-state index in [1.165, 1.54) is 0 Å². The van der Waals surface area contributed by atoms with Gasteiger partial charge in [-0.3, -0.25) is 4.79 Å². The fourth-order valence-electron chi connectivity index (χ4n) is 3.18. The van der Waals surface area contributed by atoms with E-state index in [9.17, 15) is 4.79 Å². The summed E-state index contributed by atoms with van der Waals surface area (Å²) in [7, 11) is 2.05. The second-order valence-electron chi connectivity index (χ2n) is 7.34. The van der Waals surface area contributed by atoms with E-state index in [0.717, 1.165) is 40.4 Å². The van der Waals surface area contributed by atoms with Crippen LogP contribution in [-0.4, -0.2) is 35.3 Å². The summed E-state index contributed by atoms with van der Waals surface area (Å²) >= 11 is 0. The number of nitrogens with zero attached hydrogens (tertiary/aromatic N) is 2. The van der Waals surface area contributed by atoms with Crippen LogP contribution >= 0.6 is 0 Å². The van der Waals surface area contributed by atoms with Crippen LogP contribution in [0.1, 0.15) is 25.8 Å². The number of aromatic nitrogens is 2. The lowest BCUT2D eigenvalue weighted by Crippen LogP contribution is -3.09. The molecule has 1 aromatic heterocycles. The molecule has 0 aliphatic rings. The molecule has 0 aliphatic heterocycles. The summed E-state index contributed by atoms with van der Waals surface area (Å²) in [4.78, 5) is 13.4. The largest absolute Gasteiger partial charge is 0.349 e.